The van der Waals surface area contributed by atoms with Crippen molar-refractivity contribution in [2.45, 2.75) is 59.8 Å². The number of fused-ring (bicyclic) bond motifs is 1. The molecule has 26 heavy (non-hydrogen) atoms. The zero-order valence-corrected chi connectivity index (χ0v) is 17.1. The highest BCUT2D eigenvalue weighted by molar-refractivity contribution is 5.94. The Morgan fingerprint density at radius 2 is 1.81 bits per heavy atom. The van der Waals surface area contributed by atoms with E-state index in [1.165, 1.54) is 5.56 Å². The second kappa shape index (κ2) is 7.23. The lowest BCUT2D eigenvalue weighted by atomic mass is 9.90. The first-order chi connectivity index (χ1) is 13.5. The van der Waals surface area contributed by atoms with Gasteiger partial charge in [0.25, 0.3) is 0 Å². The van der Waals surface area contributed by atoms with Crippen molar-refractivity contribution in [1.82, 2.24) is 0 Å². The fourth-order valence-electron chi connectivity index (χ4n) is 3.51. The number of hydrogen-bond acceptors (Lipinski definition) is 0. The molecular formula is C25H32N+. The lowest BCUT2D eigenvalue weighted by Crippen LogP contribution is -2.31. The molecule has 3 aromatic rings. The average molecular weight is 350 g/mol. The summed E-state index contributed by atoms with van der Waals surface area (Å²) in [6, 6.07) is 10.8. The Morgan fingerprint density at radius 3 is 2.46 bits per heavy atom. The number of benzene rings is 2. The first-order valence-electron chi connectivity index (χ1n) is 11.0. The lowest BCUT2D eigenvalue weighted by Gasteiger charge is -2.15. The van der Waals surface area contributed by atoms with E-state index in [1.807, 2.05) is 25.5 Å². The summed E-state index contributed by atoms with van der Waals surface area (Å²) in [4.78, 5) is 0. The minimum absolute atomic E-state index is 0.210. The van der Waals surface area contributed by atoms with Crippen LogP contribution in [-0.2, 0) is 7.05 Å². The summed E-state index contributed by atoms with van der Waals surface area (Å²) >= 11 is 0. The Kier molecular flexibility index (Phi) is 4.16. The second-order valence-corrected chi connectivity index (χ2v) is 7.72. The van der Waals surface area contributed by atoms with Gasteiger partial charge in [0, 0.05) is 7.41 Å². The zero-order valence-electron chi connectivity index (χ0n) is 20.1. The number of aromatic nitrogens is 1. The van der Waals surface area contributed by atoms with Gasteiger partial charge in [-0.2, -0.15) is 0 Å². The molecule has 2 aromatic carbocycles. The Labute approximate surface area is 162 Å². The van der Waals surface area contributed by atoms with Crippen LogP contribution in [0.5, 0.6) is 0 Å². The molecule has 0 fully saturated rings. The van der Waals surface area contributed by atoms with Crippen molar-refractivity contribution in [2.24, 2.45) is 7.05 Å². The number of nitrogens with zero attached hydrogens (tertiary/aromatic N) is 1. The molecule has 0 saturated heterocycles. The monoisotopic (exact) mass is 349 g/mol. The van der Waals surface area contributed by atoms with Crippen LogP contribution >= 0.6 is 0 Å². The van der Waals surface area contributed by atoms with Crippen molar-refractivity contribution in [3.63, 3.8) is 0 Å². The maximum Gasteiger partial charge on any atom is 0.220 e. The minimum atomic E-state index is -0.704. The van der Waals surface area contributed by atoms with Crippen molar-refractivity contribution in [1.29, 1.82) is 0 Å². The van der Waals surface area contributed by atoms with Gasteiger partial charge in [-0.1, -0.05) is 45.9 Å². The van der Waals surface area contributed by atoms with Gasteiger partial charge in [-0.3, -0.25) is 0 Å². The predicted octanol–water partition coefficient (Wildman–Crippen LogP) is 6.59. The maximum absolute atomic E-state index is 8.58. The normalized spacial score (nSPS) is 14.8. The standard InChI is InChI=1S/C25H32N/c1-8-17(4)20-9-10-23-21(14-20)11-12-26(7)25(23)24-15-22(16(2)3)13-18(5)19(24)6/h9-17H,8H2,1-7H3/q+1/i11D,12D,16D. The summed E-state index contributed by atoms with van der Waals surface area (Å²) in [7, 11) is 1.87. The average Bonchev–Trinajstić information content (AvgIpc) is 2.67. The molecular weight excluding hydrogens is 314 g/mol. The van der Waals surface area contributed by atoms with Gasteiger partial charge in [0.1, 0.15) is 8.42 Å². The molecule has 1 nitrogen and oxygen atoms in total. The first-order valence-corrected chi connectivity index (χ1v) is 9.52. The van der Waals surface area contributed by atoms with Crippen LogP contribution in [-0.4, -0.2) is 0 Å². The topological polar surface area (TPSA) is 3.88 Å². The number of hydrogen-bond donors (Lipinski definition) is 0. The highest BCUT2D eigenvalue weighted by Gasteiger charge is 2.20. The van der Waals surface area contributed by atoms with E-state index in [0.29, 0.717) is 5.92 Å². The van der Waals surface area contributed by atoms with E-state index < -0.39 is 5.89 Å². The molecule has 3 rings (SSSR count). The van der Waals surface area contributed by atoms with Crippen molar-refractivity contribution in [2.75, 3.05) is 0 Å². The summed E-state index contributed by atoms with van der Waals surface area (Å²) in [6.07, 6.45) is 1.25. The Morgan fingerprint density at radius 1 is 1.08 bits per heavy atom. The molecule has 0 bridgehead atoms. The van der Waals surface area contributed by atoms with Crippen LogP contribution in [0.4, 0.5) is 0 Å². The molecule has 136 valence electrons. The Balaban J connectivity index is 2.43. The number of aryl methyl sites for hydroxylation is 1. The molecule has 1 atom stereocenters. The molecule has 0 aliphatic carbocycles. The third kappa shape index (κ3) is 3.28. The fraction of sp³-hybridized carbons (Fsp3) is 0.400. The fourth-order valence-corrected chi connectivity index (χ4v) is 3.51. The molecule has 0 N–H and O–H groups in total. The van der Waals surface area contributed by atoms with Gasteiger partial charge < -0.3 is 0 Å². The SMILES string of the molecule is [2H]c1c([2H])[n+](C)c(-c2cc(C([2H])(C)C)cc(C)c2C)c2ccc(C(C)CC)cc12. The van der Waals surface area contributed by atoms with E-state index in [-0.39, 0.29) is 12.2 Å². The maximum atomic E-state index is 8.58. The van der Waals surface area contributed by atoms with Crippen LogP contribution in [0.1, 0.15) is 72.3 Å². The molecule has 1 heterocycles. The van der Waals surface area contributed by atoms with Gasteiger partial charge in [-0.25, -0.2) is 4.57 Å². The molecule has 1 heteroatoms. The molecule has 0 aliphatic rings. The summed E-state index contributed by atoms with van der Waals surface area (Å²) < 4.78 is 27.5. The van der Waals surface area contributed by atoms with Gasteiger partial charge in [-0.05, 0) is 71.9 Å². The third-order valence-corrected chi connectivity index (χ3v) is 5.67. The summed E-state index contributed by atoms with van der Waals surface area (Å²) in [5.74, 6) is -0.286. The van der Waals surface area contributed by atoms with E-state index in [4.69, 9.17) is 4.11 Å². The van der Waals surface area contributed by atoms with Crippen molar-refractivity contribution in [3.8, 4) is 11.3 Å². The van der Waals surface area contributed by atoms with Crippen LogP contribution < -0.4 is 4.57 Å². The van der Waals surface area contributed by atoms with Gasteiger partial charge in [0.15, 0.2) is 6.17 Å². The third-order valence-electron chi connectivity index (χ3n) is 5.67. The Hall–Kier alpha value is -2.15. The molecule has 0 aliphatic heterocycles. The highest BCUT2D eigenvalue weighted by Crippen LogP contribution is 2.33. The van der Waals surface area contributed by atoms with E-state index in [2.05, 4.69) is 58.0 Å². The van der Waals surface area contributed by atoms with Crippen LogP contribution in [0.15, 0.2) is 42.5 Å². The van der Waals surface area contributed by atoms with E-state index in [0.717, 1.165) is 45.1 Å². The quantitative estimate of drug-likeness (QED) is 0.468. The van der Waals surface area contributed by atoms with Crippen LogP contribution in [0, 0.1) is 13.8 Å². The molecule has 1 unspecified atom stereocenters. The van der Waals surface area contributed by atoms with Crippen molar-refractivity contribution in [3.05, 3.63) is 64.8 Å². The van der Waals surface area contributed by atoms with Crippen molar-refractivity contribution < 1.29 is 8.68 Å². The van der Waals surface area contributed by atoms with Crippen molar-refractivity contribution >= 4 is 10.8 Å². The molecule has 0 saturated carbocycles. The predicted molar refractivity (Wildman–Crippen MR) is 113 cm³/mol. The van der Waals surface area contributed by atoms with Gasteiger partial charge >= 0.3 is 0 Å². The van der Waals surface area contributed by atoms with E-state index >= 15 is 0 Å². The van der Waals surface area contributed by atoms with Gasteiger partial charge in [-0.15, -0.1) is 0 Å². The summed E-state index contributed by atoms with van der Waals surface area (Å²) in [5.41, 5.74) is 6.45. The molecule has 0 radical (unpaired) electrons. The largest absolute Gasteiger partial charge is 0.220 e. The van der Waals surface area contributed by atoms with Gasteiger partial charge in [0.05, 0.1) is 12.3 Å². The minimum Gasteiger partial charge on any atom is -0.200 e. The second-order valence-electron chi connectivity index (χ2n) is 7.72. The summed E-state index contributed by atoms with van der Waals surface area (Å²) in [6.45, 7) is 12.4. The number of rotatable bonds is 4. The zero-order chi connectivity index (χ0) is 21.7. The molecule has 0 amide bonds. The van der Waals surface area contributed by atoms with E-state index in [1.54, 1.807) is 0 Å². The van der Waals surface area contributed by atoms with Gasteiger partial charge in [0.2, 0.25) is 5.69 Å². The van der Waals surface area contributed by atoms with Crippen LogP contribution in [0.3, 0.4) is 0 Å². The van der Waals surface area contributed by atoms with Crippen LogP contribution in [0.25, 0.3) is 22.0 Å². The Bertz CT molecular complexity index is 1090. The summed E-state index contributed by atoms with van der Waals surface area (Å²) in [5, 5.41) is 1.82. The highest BCUT2D eigenvalue weighted by atomic mass is 14.9. The number of pyridine rings is 1. The molecule has 0 spiro atoms. The van der Waals surface area contributed by atoms with E-state index in [9.17, 15) is 0 Å². The smallest absolute Gasteiger partial charge is 0.200 e. The first kappa shape index (κ1) is 15.0. The lowest BCUT2D eigenvalue weighted by molar-refractivity contribution is -0.659. The molecule has 1 aromatic heterocycles. The van der Waals surface area contributed by atoms with Crippen LogP contribution in [0.2, 0.25) is 0 Å².